The third kappa shape index (κ3) is 5.94. The predicted molar refractivity (Wildman–Crippen MR) is 143 cm³/mol. The van der Waals surface area contributed by atoms with Crippen molar-refractivity contribution in [2.45, 2.75) is 25.0 Å². The Morgan fingerprint density at radius 3 is 2.59 bits per heavy atom. The predicted octanol–water partition coefficient (Wildman–Crippen LogP) is 2.66. The quantitative estimate of drug-likeness (QED) is 0.343. The molecule has 3 aromatic rings. The first-order chi connectivity index (χ1) is 18.7. The van der Waals surface area contributed by atoms with Crippen LogP contribution in [0.4, 0.5) is 15.8 Å². The topological polar surface area (TPSA) is 159 Å². The van der Waals surface area contributed by atoms with E-state index in [-0.39, 0.29) is 34.6 Å². The van der Waals surface area contributed by atoms with Crippen molar-refractivity contribution >= 4 is 40.6 Å². The van der Waals surface area contributed by atoms with Gasteiger partial charge in [-0.1, -0.05) is 12.1 Å². The first-order valence-electron chi connectivity index (χ1n) is 12.0. The van der Waals surface area contributed by atoms with E-state index in [1.165, 1.54) is 32.4 Å². The number of nitrogen functional groups attached to an aromatic ring is 1. The van der Waals surface area contributed by atoms with Gasteiger partial charge in [0.25, 0.3) is 11.8 Å². The van der Waals surface area contributed by atoms with Crippen LogP contribution in [0.2, 0.25) is 0 Å². The van der Waals surface area contributed by atoms with E-state index >= 15 is 0 Å². The minimum Gasteiger partial charge on any atom is -0.493 e. The molecule has 0 spiro atoms. The number of primary amides is 1. The highest BCUT2D eigenvalue weighted by atomic mass is 32.1. The Bertz CT molecular complexity index is 1380. The average molecular weight is 558 g/mol. The Morgan fingerprint density at radius 2 is 1.97 bits per heavy atom. The van der Waals surface area contributed by atoms with Crippen LogP contribution in [0.25, 0.3) is 0 Å². The maximum Gasteiger partial charge on any atom is 0.273 e. The Hall–Kier alpha value is -4.23. The van der Waals surface area contributed by atoms with Gasteiger partial charge in [-0.2, -0.15) is 4.37 Å². The molecule has 2 atom stereocenters. The molecule has 1 aliphatic rings. The fraction of sp³-hybridized carbons (Fsp3) is 0.308. The van der Waals surface area contributed by atoms with Crippen molar-refractivity contribution in [3.63, 3.8) is 0 Å². The summed E-state index contributed by atoms with van der Waals surface area (Å²) in [6, 6.07) is 8.64. The molecule has 3 amide bonds. The Labute approximate surface area is 228 Å². The van der Waals surface area contributed by atoms with Gasteiger partial charge in [-0.05, 0) is 60.3 Å². The minimum absolute atomic E-state index is 0.0699. The molecule has 11 nitrogen and oxygen atoms in total. The lowest BCUT2D eigenvalue weighted by atomic mass is 10.0. The van der Waals surface area contributed by atoms with Crippen LogP contribution in [0, 0.1) is 5.82 Å². The number of ether oxygens (including phenoxy) is 3. The van der Waals surface area contributed by atoms with E-state index in [1.54, 1.807) is 18.2 Å². The summed E-state index contributed by atoms with van der Waals surface area (Å²) in [4.78, 5) is 40.6. The molecule has 0 unspecified atom stereocenters. The summed E-state index contributed by atoms with van der Waals surface area (Å²) in [6.45, 7) is 0.808. The highest BCUT2D eigenvalue weighted by Crippen LogP contribution is 2.37. The summed E-state index contributed by atoms with van der Waals surface area (Å²) in [5, 5.41) is 2.86. The standard InChI is InChI=1S/C26H28FN5O6S/c1-36-18-9-8-14(11-19(18)37-2)22(25(34)30-13-17-7-4-10-38-17)32(16-6-3-5-15(27)12-16)26(35)23-20(28)21(24(29)33)31-39-23/h3,5-6,8-9,11-12,17,22H,4,7,10,13,28H2,1-2H3,(H2,29,33)(H,30,34)/t17-,22+/m0/s1. The normalized spacial score (nSPS) is 15.4. The number of anilines is 2. The van der Waals surface area contributed by atoms with Gasteiger partial charge in [0.2, 0.25) is 5.91 Å². The van der Waals surface area contributed by atoms with Crippen molar-refractivity contribution in [1.82, 2.24) is 9.69 Å². The van der Waals surface area contributed by atoms with Gasteiger partial charge in [-0.25, -0.2) is 4.39 Å². The molecular weight excluding hydrogens is 529 g/mol. The molecule has 0 bridgehead atoms. The first-order valence-corrected chi connectivity index (χ1v) is 12.8. The van der Waals surface area contributed by atoms with E-state index in [0.717, 1.165) is 23.8 Å². The van der Waals surface area contributed by atoms with Crippen LogP contribution in [0.15, 0.2) is 42.5 Å². The monoisotopic (exact) mass is 557 g/mol. The maximum absolute atomic E-state index is 14.4. The van der Waals surface area contributed by atoms with Crippen LogP contribution in [-0.4, -0.2) is 55.6 Å². The zero-order chi connectivity index (χ0) is 28.1. The number of aromatic nitrogens is 1. The molecule has 1 saturated heterocycles. The van der Waals surface area contributed by atoms with Gasteiger partial charge in [-0.15, -0.1) is 0 Å². The second-order valence-corrected chi connectivity index (χ2v) is 9.46. The number of carbonyl (C=O) groups is 3. The second kappa shape index (κ2) is 12.1. The molecule has 4 rings (SSSR count). The molecular formula is C26H28FN5O6S. The van der Waals surface area contributed by atoms with Crippen LogP contribution >= 0.6 is 11.5 Å². The molecule has 0 aliphatic carbocycles. The third-order valence-electron chi connectivity index (χ3n) is 6.22. The van der Waals surface area contributed by atoms with Crippen LogP contribution in [0.5, 0.6) is 11.5 Å². The van der Waals surface area contributed by atoms with E-state index in [9.17, 15) is 18.8 Å². The van der Waals surface area contributed by atoms with Crippen molar-refractivity contribution in [3.8, 4) is 11.5 Å². The van der Waals surface area contributed by atoms with Gasteiger partial charge >= 0.3 is 0 Å². The lowest BCUT2D eigenvalue weighted by molar-refractivity contribution is -0.123. The number of nitrogens with zero attached hydrogens (tertiary/aromatic N) is 2. The summed E-state index contributed by atoms with van der Waals surface area (Å²) >= 11 is 0.654. The number of hydrogen-bond donors (Lipinski definition) is 3. The number of amides is 3. The molecule has 5 N–H and O–H groups in total. The molecule has 1 fully saturated rings. The fourth-order valence-electron chi connectivity index (χ4n) is 4.31. The number of carbonyl (C=O) groups excluding carboxylic acids is 3. The number of benzene rings is 2. The summed E-state index contributed by atoms with van der Waals surface area (Å²) < 4.78 is 34.7. The zero-order valence-electron chi connectivity index (χ0n) is 21.3. The highest BCUT2D eigenvalue weighted by Gasteiger charge is 2.37. The van der Waals surface area contributed by atoms with E-state index in [0.29, 0.717) is 35.2 Å². The number of hydrogen-bond acceptors (Lipinski definition) is 9. The molecule has 206 valence electrons. The zero-order valence-corrected chi connectivity index (χ0v) is 22.1. The van der Waals surface area contributed by atoms with Gasteiger partial charge in [0.1, 0.15) is 16.7 Å². The molecule has 39 heavy (non-hydrogen) atoms. The summed E-state index contributed by atoms with van der Waals surface area (Å²) in [7, 11) is 2.90. The first kappa shape index (κ1) is 27.8. The van der Waals surface area contributed by atoms with E-state index in [2.05, 4.69) is 9.69 Å². The lowest BCUT2D eigenvalue weighted by Gasteiger charge is -2.32. The largest absolute Gasteiger partial charge is 0.493 e. The molecule has 13 heteroatoms. The van der Waals surface area contributed by atoms with E-state index in [1.807, 2.05) is 0 Å². The molecule has 2 aromatic carbocycles. The smallest absolute Gasteiger partial charge is 0.273 e. The van der Waals surface area contributed by atoms with Crippen LogP contribution < -0.4 is 31.2 Å². The number of halogens is 1. The number of nitrogens with one attached hydrogen (secondary N) is 1. The van der Waals surface area contributed by atoms with Crippen molar-refractivity contribution in [2.75, 3.05) is 38.0 Å². The van der Waals surface area contributed by atoms with Gasteiger partial charge in [0.05, 0.1) is 26.0 Å². The number of methoxy groups -OCH3 is 2. The van der Waals surface area contributed by atoms with E-state index < -0.39 is 29.6 Å². The second-order valence-electron chi connectivity index (χ2n) is 8.69. The van der Waals surface area contributed by atoms with Crippen LogP contribution in [0.1, 0.15) is 44.6 Å². The van der Waals surface area contributed by atoms with Crippen LogP contribution in [-0.2, 0) is 9.53 Å². The maximum atomic E-state index is 14.4. The van der Waals surface area contributed by atoms with Crippen LogP contribution in [0.3, 0.4) is 0 Å². The van der Waals surface area contributed by atoms with Crippen molar-refractivity contribution in [2.24, 2.45) is 5.73 Å². The summed E-state index contributed by atoms with van der Waals surface area (Å²) in [5.74, 6) is -2.17. The number of rotatable bonds is 10. The molecule has 0 radical (unpaired) electrons. The van der Waals surface area contributed by atoms with Gasteiger partial charge in [0, 0.05) is 18.8 Å². The van der Waals surface area contributed by atoms with Gasteiger partial charge in [-0.3, -0.25) is 19.3 Å². The molecule has 0 saturated carbocycles. The van der Waals surface area contributed by atoms with Gasteiger partial charge in [0.15, 0.2) is 17.2 Å². The Kier molecular flexibility index (Phi) is 8.62. The highest BCUT2D eigenvalue weighted by molar-refractivity contribution is 7.09. The summed E-state index contributed by atoms with van der Waals surface area (Å²) in [6.07, 6.45) is 1.48. The Balaban J connectivity index is 1.86. The third-order valence-corrected chi connectivity index (χ3v) is 7.07. The van der Waals surface area contributed by atoms with Crippen molar-refractivity contribution < 1.29 is 33.0 Å². The van der Waals surface area contributed by atoms with Crippen molar-refractivity contribution in [3.05, 3.63) is 64.4 Å². The fourth-order valence-corrected chi connectivity index (χ4v) is 5.05. The summed E-state index contributed by atoms with van der Waals surface area (Å²) in [5.41, 5.74) is 11.3. The average Bonchev–Trinajstić information content (AvgIpc) is 3.59. The Morgan fingerprint density at radius 1 is 1.21 bits per heavy atom. The molecule has 2 heterocycles. The molecule has 1 aromatic heterocycles. The minimum atomic E-state index is -1.32. The van der Waals surface area contributed by atoms with E-state index in [4.69, 9.17) is 25.7 Å². The number of nitrogens with two attached hydrogens (primary N) is 2. The van der Waals surface area contributed by atoms with Gasteiger partial charge < -0.3 is 31.0 Å². The van der Waals surface area contributed by atoms with Crippen molar-refractivity contribution in [1.29, 1.82) is 0 Å². The molecule has 1 aliphatic heterocycles. The SMILES string of the molecule is COc1ccc([C@H](C(=O)NC[C@@H]2CCCO2)N(C(=O)c2snc(C(N)=O)c2N)c2cccc(F)c2)cc1OC. The lowest BCUT2D eigenvalue weighted by Crippen LogP contribution is -2.45.